The highest BCUT2D eigenvalue weighted by atomic mass is 32.1. The first kappa shape index (κ1) is 15.3. The van der Waals surface area contributed by atoms with Crippen molar-refractivity contribution < 1.29 is 14.7 Å². The molecule has 0 bridgehead atoms. The molecule has 0 aliphatic rings. The number of urea groups is 1. The number of hydrogen-bond acceptors (Lipinski definition) is 3. The lowest BCUT2D eigenvalue weighted by molar-refractivity contribution is -0.141. The Hall–Kier alpha value is -2.08. The molecule has 1 heterocycles. The fourth-order valence-electron chi connectivity index (χ4n) is 1.99. The van der Waals surface area contributed by atoms with Crippen LogP contribution in [0.15, 0.2) is 29.6 Å². The van der Waals surface area contributed by atoms with Crippen molar-refractivity contribution in [1.82, 2.24) is 5.32 Å². The van der Waals surface area contributed by atoms with Crippen molar-refractivity contribution in [2.45, 2.75) is 26.8 Å². The molecule has 2 aromatic rings. The molecule has 2 amide bonds. The van der Waals surface area contributed by atoms with E-state index in [1.54, 1.807) is 38.2 Å². The van der Waals surface area contributed by atoms with Gasteiger partial charge in [0.05, 0.1) is 0 Å². The van der Waals surface area contributed by atoms with Gasteiger partial charge in [0.2, 0.25) is 0 Å². The smallest absolute Gasteiger partial charge is 0.326 e. The van der Waals surface area contributed by atoms with E-state index in [1.165, 1.54) is 0 Å². The number of benzene rings is 1. The molecule has 0 saturated carbocycles. The standard InChI is InChI=1S/C15H18N2O3S/c1-15(2,3)12(13(18)19)17-14(20)16-10-4-5-11-9(8-10)6-7-21-11/h4-8,12H,1-3H3,(H,18,19)(H2,16,17,20)/t12-/m1/s1. The van der Waals surface area contributed by atoms with Gasteiger partial charge < -0.3 is 15.7 Å². The number of hydrogen-bond donors (Lipinski definition) is 3. The van der Waals surface area contributed by atoms with Crippen LogP contribution in [-0.4, -0.2) is 23.1 Å². The molecule has 0 unspecified atom stereocenters. The summed E-state index contributed by atoms with van der Waals surface area (Å²) in [6.45, 7) is 5.30. The number of carboxylic acid groups (broad SMARTS) is 1. The summed E-state index contributed by atoms with van der Waals surface area (Å²) in [6.07, 6.45) is 0. The number of amides is 2. The van der Waals surface area contributed by atoms with Crippen LogP contribution in [0, 0.1) is 5.41 Å². The maximum atomic E-state index is 12.0. The molecule has 0 aliphatic carbocycles. The van der Waals surface area contributed by atoms with Gasteiger partial charge in [-0.1, -0.05) is 20.8 Å². The second-order valence-electron chi connectivity index (χ2n) is 5.91. The number of fused-ring (bicyclic) bond motifs is 1. The van der Waals surface area contributed by atoms with Gasteiger partial charge in [-0.25, -0.2) is 9.59 Å². The highest BCUT2D eigenvalue weighted by Gasteiger charge is 2.32. The molecule has 21 heavy (non-hydrogen) atoms. The Kier molecular flexibility index (Phi) is 4.18. The molecular formula is C15H18N2O3S. The molecule has 0 aliphatic heterocycles. The topological polar surface area (TPSA) is 78.4 Å². The molecule has 1 atom stereocenters. The molecular weight excluding hydrogens is 288 g/mol. The minimum absolute atomic E-state index is 0.521. The Balaban J connectivity index is 2.08. The van der Waals surface area contributed by atoms with Crippen LogP contribution in [0.4, 0.5) is 10.5 Å². The van der Waals surface area contributed by atoms with Crippen LogP contribution >= 0.6 is 11.3 Å². The van der Waals surface area contributed by atoms with E-state index >= 15 is 0 Å². The Labute approximate surface area is 127 Å². The maximum Gasteiger partial charge on any atom is 0.326 e. The average Bonchev–Trinajstić information content (AvgIpc) is 2.81. The van der Waals surface area contributed by atoms with Gasteiger partial charge >= 0.3 is 12.0 Å². The summed E-state index contributed by atoms with van der Waals surface area (Å²) in [5, 5.41) is 17.4. The van der Waals surface area contributed by atoms with Gasteiger partial charge in [-0.2, -0.15) is 0 Å². The Bertz CT molecular complexity index is 673. The van der Waals surface area contributed by atoms with E-state index in [0.29, 0.717) is 5.69 Å². The molecule has 2 rings (SSSR count). The molecule has 0 fully saturated rings. The summed E-state index contributed by atoms with van der Waals surface area (Å²) in [5.41, 5.74) is 0.0666. The third kappa shape index (κ3) is 3.72. The maximum absolute atomic E-state index is 12.0. The summed E-state index contributed by atoms with van der Waals surface area (Å²) >= 11 is 1.63. The van der Waals surface area contributed by atoms with Crippen LogP contribution in [0.1, 0.15) is 20.8 Å². The van der Waals surface area contributed by atoms with Gasteiger partial charge in [0.15, 0.2) is 0 Å². The van der Waals surface area contributed by atoms with E-state index < -0.39 is 23.5 Å². The summed E-state index contributed by atoms with van der Waals surface area (Å²) < 4.78 is 1.14. The number of carboxylic acids is 1. The predicted molar refractivity (Wildman–Crippen MR) is 84.9 cm³/mol. The zero-order chi connectivity index (χ0) is 15.6. The summed E-state index contributed by atoms with van der Waals surface area (Å²) in [5.74, 6) is -1.05. The molecule has 0 spiro atoms. The lowest BCUT2D eigenvalue weighted by Gasteiger charge is -2.27. The summed E-state index contributed by atoms with van der Waals surface area (Å²) in [6, 6.07) is 6.07. The average molecular weight is 306 g/mol. The summed E-state index contributed by atoms with van der Waals surface area (Å²) in [4.78, 5) is 23.2. The molecule has 1 aromatic heterocycles. The number of anilines is 1. The minimum Gasteiger partial charge on any atom is -0.480 e. The highest BCUT2D eigenvalue weighted by Crippen LogP contribution is 2.24. The zero-order valence-corrected chi connectivity index (χ0v) is 13.0. The quantitative estimate of drug-likeness (QED) is 0.811. The first-order chi connectivity index (χ1) is 9.77. The number of thiophene rings is 1. The molecule has 1 aromatic carbocycles. The van der Waals surface area contributed by atoms with E-state index in [1.807, 2.05) is 23.6 Å². The van der Waals surface area contributed by atoms with Crippen molar-refractivity contribution in [2.24, 2.45) is 5.41 Å². The first-order valence-corrected chi connectivity index (χ1v) is 7.43. The molecule has 5 nitrogen and oxygen atoms in total. The van der Waals surface area contributed by atoms with Crippen molar-refractivity contribution in [2.75, 3.05) is 5.32 Å². The number of carbonyl (C=O) groups excluding carboxylic acids is 1. The SMILES string of the molecule is CC(C)(C)[C@H](NC(=O)Nc1ccc2sccc2c1)C(=O)O. The monoisotopic (exact) mass is 306 g/mol. The lowest BCUT2D eigenvalue weighted by atomic mass is 9.87. The number of aliphatic carboxylic acids is 1. The van der Waals surface area contributed by atoms with E-state index in [4.69, 9.17) is 0 Å². The Morgan fingerprint density at radius 1 is 1.24 bits per heavy atom. The van der Waals surface area contributed by atoms with Gasteiger partial charge in [0, 0.05) is 10.4 Å². The van der Waals surface area contributed by atoms with Crippen molar-refractivity contribution in [1.29, 1.82) is 0 Å². The van der Waals surface area contributed by atoms with Gasteiger partial charge in [-0.15, -0.1) is 11.3 Å². The van der Waals surface area contributed by atoms with Gasteiger partial charge in [0.25, 0.3) is 0 Å². The van der Waals surface area contributed by atoms with E-state index in [2.05, 4.69) is 10.6 Å². The van der Waals surface area contributed by atoms with E-state index in [9.17, 15) is 14.7 Å². The molecule has 6 heteroatoms. The van der Waals surface area contributed by atoms with Gasteiger partial charge in [-0.05, 0) is 40.4 Å². The van der Waals surface area contributed by atoms with Crippen LogP contribution in [0.25, 0.3) is 10.1 Å². The Morgan fingerprint density at radius 2 is 1.95 bits per heavy atom. The number of carbonyl (C=O) groups is 2. The largest absolute Gasteiger partial charge is 0.480 e. The van der Waals surface area contributed by atoms with Gasteiger partial charge in [0.1, 0.15) is 6.04 Å². The van der Waals surface area contributed by atoms with Crippen LogP contribution < -0.4 is 10.6 Å². The van der Waals surface area contributed by atoms with Crippen LogP contribution in [0.5, 0.6) is 0 Å². The zero-order valence-electron chi connectivity index (χ0n) is 12.1. The third-order valence-corrected chi connectivity index (χ3v) is 4.00. The third-order valence-electron chi connectivity index (χ3n) is 3.10. The molecule has 0 radical (unpaired) electrons. The van der Waals surface area contributed by atoms with Crippen molar-refractivity contribution in [3.8, 4) is 0 Å². The molecule has 0 saturated heterocycles. The second kappa shape index (κ2) is 5.73. The minimum atomic E-state index is -1.05. The van der Waals surface area contributed by atoms with E-state index in [0.717, 1.165) is 10.1 Å². The second-order valence-corrected chi connectivity index (χ2v) is 6.86. The molecule has 112 valence electrons. The Morgan fingerprint density at radius 3 is 2.57 bits per heavy atom. The highest BCUT2D eigenvalue weighted by molar-refractivity contribution is 7.17. The number of rotatable bonds is 3. The van der Waals surface area contributed by atoms with Crippen molar-refractivity contribution in [3.05, 3.63) is 29.6 Å². The fourth-order valence-corrected chi connectivity index (χ4v) is 2.76. The van der Waals surface area contributed by atoms with Gasteiger partial charge in [-0.3, -0.25) is 0 Å². The predicted octanol–water partition coefficient (Wildman–Crippen LogP) is 3.52. The summed E-state index contributed by atoms with van der Waals surface area (Å²) in [7, 11) is 0. The molecule has 3 N–H and O–H groups in total. The van der Waals surface area contributed by atoms with E-state index in [-0.39, 0.29) is 0 Å². The van der Waals surface area contributed by atoms with Crippen molar-refractivity contribution >= 4 is 39.1 Å². The fraction of sp³-hybridized carbons (Fsp3) is 0.333. The van der Waals surface area contributed by atoms with Crippen LogP contribution in [0.3, 0.4) is 0 Å². The lowest BCUT2D eigenvalue weighted by Crippen LogP contribution is -2.50. The van der Waals surface area contributed by atoms with Crippen LogP contribution in [0.2, 0.25) is 0 Å². The normalized spacial score (nSPS) is 12.9. The number of nitrogens with one attached hydrogen (secondary N) is 2. The van der Waals surface area contributed by atoms with Crippen molar-refractivity contribution in [3.63, 3.8) is 0 Å². The van der Waals surface area contributed by atoms with Crippen LogP contribution in [-0.2, 0) is 4.79 Å². The first-order valence-electron chi connectivity index (χ1n) is 6.55.